The predicted octanol–water partition coefficient (Wildman–Crippen LogP) is 2.44. The molecule has 1 saturated heterocycles. The molecule has 1 atom stereocenters. The average Bonchev–Trinajstić information content (AvgIpc) is 3.15. The number of rotatable bonds is 4. The zero-order valence-electron chi connectivity index (χ0n) is 13.3. The van der Waals surface area contributed by atoms with Gasteiger partial charge in [0.05, 0.1) is 19.5 Å². The van der Waals surface area contributed by atoms with E-state index in [9.17, 15) is 4.79 Å². The molecule has 0 radical (unpaired) electrons. The number of amides is 2. The first-order valence-corrected chi connectivity index (χ1v) is 7.89. The summed E-state index contributed by atoms with van der Waals surface area (Å²) < 4.78 is 7.22. The number of urea groups is 1. The highest BCUT2D eigenvalue weighted by Gasteiger charge is 2.24. The first kappa shape index (κ1) is 15.4. The fraction of sp³-hybridized carbons (Fsp3) is 0.412. The third-order valence-corrected chi connectivity index (χ3v) is 4.23. The van der Waals surface area contributed by atoms with Gasteiger partial charge in [-0.15, -0.1) is 0 Å². The molecular weight excluding hydrogens is 292 g/mol. The number of imidazole rings is 1. The van der Waals surface area contributed by atoms with Crippen molar-refractivity contribution in [1.82, 2.24) is 19.8 Å². The molecular formula is C17H22N4O2. The van der Waals surface area contributed by atoms with E-state index in [1.165, 1.54) is 0 Å². The van der Waals surface area contributed by atoms with Crippen LogP contribution >= 0.6 is 0 Å². The topological polar surface area (TPSA) is 59.4 Å². The third kappa shape index (κ3) is 3.83. The summed E-state index contributed by atoms with van der Waals surface area (Å²) in [5.41, 5.74) is 1.06. The van der Waals surface area contributed by atoms with Gasteiger partial charge in [-0.25, -0.2) is 9.78 Å². The largest absolute Gasteiger partial charge is 0.497 e. The van der Waals surface area contributed by atoms with E-state index in [0.717, 1.165) is 37.2 Å². The average molecular weight is 314 g/mol. The van der Waals surface area contributed by atoms with Gasteiger partial charge in [-0.05, 0) is 30.5 Å². The summed E-state index contributed by atoms with van der Waals surface area (Å²) >= 11 is 0. The highest BCUT2D eigenvalue weighted by molar-refractivity contribution is 5.74. The minimum absolute atomic E-state index is 0.00867. The van der Waals surface area contributed by atoms with Crippen molar-refractivity contribution in [3.63, 3.8) is 0 Å². The Kier molecular flexibility index (Phi) is 4.80. The molecule has 1 unspecified atom stereocenters. The summed E-state index contributed by atoms with van der Waals surface area (Å²) in [6.45, 7) is 2.06. The van der Waals surface area contributed by atoms with Gasteiger partial charge in [-0.1, -0.05) is 12.1 Å². The Bertz CT molecular complexity index is 625. The number of carbonyl (C=O) groups is 1. The monoisotopic (exact) mass is 314 g/mol. The van der Waals surface area contributed by atoms with E-state index < -0.39 is 0 Å². The number of piperidine rings is 1. The Morgan fingerprint density at radius 1 is 1.39 bits per heavy atom. The molecule has 0 saturated carbocycles. The van der Waals surface area contributed by atoms with Crippen LogP contribution in [-0.2, 0) is 6.54 Å². The summed E-state index contributed by atoms with van der Waals surface area (Å²) in [7, 11) is 1.64. The second-order valence-corrected chi connectivity index (χ2v) is 5.76. The lowest BCUT2D eigenvalue weighted by Gasteiger charge is -2.33. The Balaban J connectivity index is 1.53. The molecule has 1 fully saturated rings. The maximum absolute atomic E-state index is 12.4. The molecule has 0 bridgehead atoms. The molecule has 2 aromatic rings. The van der Waals surface area contributed by atoms with Gasteiger partial charge < -0.3 is 19.5 Å². The second kappa shape index (κ2) is 7.17. The molecule has 2 heterocycles. The molecule has 1 aromatic carbocycles. The van der Waals surface area contributed by atoms with Gasteiger partial charge in [-0.2, -0.15) is 0 Å². The molecule has 122 valence electrons. The van der Waals surface area contributed by atoms with Gasteiger partial charge in [0.25, 0.3) is 0 Å². The molecule has 1 aliphatic rings. The number of ether oxygens (including phenoxy) is 1. The lowest BCUT2D eigenvalue weighted by Crippen LogP contribution is -2.45. The van der Waals surface area contributed by atoms with E-state index in [2.05, 4.69) is 14.9 Å². The van der Waals surface area contributed by atoms with Gasteiger partial charge in [0.15, 0.2) is 0 Å². The molecule has 0 spiro atoms. The van der Waals surface area contributed by atoms with Crippen LogP contribution in [0.25, 0.3) is 0 Å². The van der Waals surface area contributed by atoms with E-state index >= 15 is 0 Å². The molecule has 1 aliphatic heterocycles. The minimum Gasteiger partial charge on any atom is -0.497 e. The van der Waals surface area contributed by atoms with Gasteiger partial charge in [-0.3, -0.25) is 0 Å². The normalized spacial score (nSPS) is 17.8. The fourth-order valence-corrected chi connectivity index (χ4v) is 2.90. The SMILES string of the molecule is COc1ccc(CNC(=O)N2CCCC(n3ccnc3)C2)cc1. The standard InChI is InChI=1S/C17H22N4O2/c1-23-16-6-4-14(5-7-16)11-19-17(22)20-9-2-3-15(12-20)21-10-8-18-13-21/h4-8,10,13,15H,2-3,9,11-12H2,1H3,(H,19,22). The summed E-state index contributed by atoms with van der Waals surface area (Å²) in [5, 5.41) is 2.99. The number of aromatic nitrogens is 2. The number of methoxy groups -OCH3 is 1. The predicted molar refractivity (Wildman–Crippen MR) is 87.3 cm³/mol. The van der Waals surface area contributed by atoms with Crippen molar-refractivity contribution in [1.29, 1.82) is 0 Å². The molecule has 0 aliphatic carbocycles. The molecule has 1 N–H and O–H groups in total. The van der Waals surface area contributed by atoms with Gasteiger partial charge in [0.2, 0.25) is 0 Å². The number of nitrogens with zero attached hydrogens (tertiary/aromatic N) is 3. The van der Waals surface area contributed by atoms with Crippen LogP contribution in [0.1, 0.15) is 24.4 Å². The van der Waals surface area contributed by atoms with E-state index in [-0.39, 0.29) is 6.03 Å². The minimum atomic E-state index is -0.00867. The van der Waals surface area contributed by atoms with E-state index in [0.29, 0.717) is 12.6 Å². The quantitative estimate of drug-likeness (QED) is 0.943. The van der Waals surface area contributed by atoms with Crippen LogP contribution in [0.5, 0.6) is 5.75 Å². The molecule has 2 amide bonds. The Morgan fingerprint density at radius 2 is 2.22 bits per heavy atom. The molecule has 6 nitrogen and oxygen atoms in total. The van der Waals surface area contributed by atoms with Crippen molar-refractivity contribution in [2.75, 3.05) is 20.2 Å². The van der Waals surface area contributed by atoms with Crippen molar-refractivity contribution in [3.8, 4) is 5.75 Å². The van der Waals surface area contributed by atoms with Crippen molar-refractivity contribution < 1.29 is 9.53 Å². The number of hydrogen-bond donors (Lipinski definition) is 1. The Hall–Kier alpha value is -2.50. The first-order chi connectivity index (χ1) is 11.3. The van der Waals surface area contributed by atoms with Gasteiger partial charge in [0, 0.05) is 32.0 Å². The lowest BCUT2D eigenvalue weighted by molar-refractivity contribution is 0.166. The van der Waals surface area contributed by atoms with Crippen LogP contribution in [-0.4, -0.2) is 40.7 Å². The van der Waals surface area contributed by atoms with Gasteiger partial charge >= 0.3 is 6.03 Å². The van der Waals surface area contributed by atoms with E-state index in [1.807, 2.05) is 41.7 Å². The van der Waals surface area contributed by atoms with Crippen LogP contribution in [0.3, 0.4) is 0 Å². The highest BCUT2D eigenvalue weighted by atomic mass is 16.5. The van der Waals surface area contributed by atoms with Gasteiger partial charge in [0.1, 0.15) is 5.75 Å². The number of carbonyl (C=O) groups excluding carboxylic acids is 1. The second-order valence-electron chi connectivity index (χ2n) is 5.76. The fourth-order valence-electron chi connectivity index (χ4n) is 2.90. The third-order valence-electron chi connectivity index (χ3n) is 4.23. The first-order valence-electron chi connectivity index (χ1n) is 7.89. The molecule has 6 heteroatoms. The van der Waals surface area contributed by atoms with Crippen LogP contribution in [0.4, 0.5) is 4.79 Å². The van der Waals surface area contributed by atoms with Crippen molar-refractivity contribution in [2.24, 2.45) is 0 Å². The smallest absolute Gasteiger partial charge is 0.317 e. The Labute approximate surface area is 136 Å². The maximum atomic E-state index is 12.4. The Morgan fingerprint density at radius 3 is 2.91 bits per heavy atom. The molecule has 3 rings (SSSR count). The van der Waals surface area contributed by atoms with Crippen molar-refractivity contribution >= 4 is 6.03 Å². The van der Waals surface area contributed by atoms with Crippen LogP contribution in [0.2, 0.25) is 0 Å². The summed E-state index contributed by atoms with van der Waals surface area (Å²) in [4.78, 5) is 18.4. The van der Waals surface area contributed by atoms with Crippen LogP contribution in [0.15, 0.2) is 43.0 Å². The van der Waals surface area contributed by atoms with Crippen molar-refractivity contribution in [2.45, 2.75) is 25.4 Å². The molecule has 1 aromatic heterocycles. The van der Waals surface area contributed by atoms with Crippen molar-refractivity contribution in [3.05, 3.63) is 48.5 Å². The zero-order chi connectivity index (χ0) is 16.1. The van der Waals surface area contributed by atoms with Crippen LogP contribution < -0.4 is 10.1 Å². The van der Waals surface area contributed by atoms with E-state index in [4.69, 9.17) is 4.74 Å². The molecule has 23 heavy (non-hydrogen) atoms. The number of nitrogens with one attached hydrogen (secondary N) is 1. The maximum Gasteiger partial charge on any atom is 0.317 e. The van der Waals surface area contributed by atoms with E-state index in [1.54, 1.807) is 13.3 Å². The number of benzene rings is 1. The number of hydrogen-bond acceptors (Lipinski definition) is 3. The lowest BCUT2D eigenvalue weighted by atomic mass is 10.1. The summed E-state index contributed by atoms with van der Waals surface area (Å²) in [5.74, 6) is 0.819. The zero-order valence-corrected chi connectivity index (χ0v) is 13.3. The number of likely N-dealkylation sites (tertiary alicyclic amines) is 1. The summed E-state index contributed by atoms with van der Waals surface area (Å²) in [6, 6.07) is 8.03. The highest BCUT2D eigenvalue weighted by Crippen LogP contribution is 2.21. The van der Waals surface area contributed by atoms with Crippen LogP contribution in [0, 0.1) is 0 Å². The summed E-state index contributed by atoms with van der Waals surface area (Å²) in [6.07, 6.45) is 7.66.